The van der Waals surface area contributed by atoms with Crippen molar-refractivity contribution < 1.29 is 9.15 Å². The van der Waals surface area contributed by atoms with Crippen LogP contribution < -0.4 is 5.32 Å². The molecule has 0 aliphatic rings. The summed E-state index contributed by atoms with van der Waals surface area (Å²) in [5.74, 6) is 1.60. The quantitative estimate of drug-likeness (QED) is 0.902. The van der Waals surface area contributed by atoms with Crippen molar-refractivity contribution in [3.8, 4) is 0 Å². The SMILES string of the molecule is COCc1ccccc1NCc1ncc(C(C)(C)C)o1. The summed E-state index contributed by atoms with van der Waals surface area (Å²) < 4.78 is 11.0. The van der Waals surface area contributed by atoms with Gasteiger partial charge in [-0.1, -0.05) is 39.0 Å². The maximum absolute atomic E-state index is 5.76. The summed E-state index contributed by atoms with van der Waals surface area (Å²) in [7, 11) is 1.69. The molecule has 4 nitrogen and oxygen atoms in total. The highest BCUT2D eigenvalue weighted by Crippen LogP contribution is 2.23. The molecule has 1 N–H and O–H groups in total. The average Bonchev–Trinajstić information content (AvgIpc) is 2.87. The highest BCUT2D eigenvalue weighted by atomic mass is 16.5. The molecule has 0 spiro atoms. The third-order valence-corrected chi connectivity index (χ3v) is 3.04. The third kappa shape index (κ3) is 3.61. The molecule has 0 saturated carbocycles. The van der Waals surface area contributed by atoms with Gasteiger partial charge in [0.15, 0.2) is 0 Å². The van der Waals surface area contributed by atoms with Gasteiger partial charge in [-0.15, -0.1) is 0 Å². The summed E-state index contributed by atoms with van der Waals surface area (Å²) in [6.45, 7) is 7.48. The minimum atomic E-state index is -0.0147. The molecule has 1 aromatic carbocycles. The second-order valence-corrected chi connectivity index (χ2v) is 5.81. The summed E-state index contributed by atoms with van der Waals surface area (Å²) in [6.07, 6.45) is 1.80. The fourth-order valence-corrected chi connectivity index (χ4v) is 1.88. The number of nitrogens with one attached hydrogen (secondary N) is 1. The van der Waals surface area contributed by atoms with E-state index >= 15 is 0 Å². The molecule has 2 rings (SSSR count). The van der Waals surface area contributed by atoms with Crippen LogP contribution in [0.2, 0.25) is 0 Å². The Balaban J connectivity index is 2.04. The Kier molecular flexibility index (Phi) is 4.45. The van der Waals surface area contributed by atoms with Gasteiger partial charge in [-0.05, 0) is 6.07 Å². The van der Waals surface area contributed by atoms with E-state index < -0.39 is 0 Å². The second-order valence-electron chi connectivity index (χ2n) is 5.81. The van der Waals surface area contributed by atoms with Crippen LogP contribution in [0, 0.1) is 0 Å². The molecule has 0 atom stereocenters. The van der Waals surface area contributed by atoms with E-state index in [0.29, 0.717) is 19.0 Å². The monoisotopic (exact) mass is 274 g/mol. The molecule has 4 heteroatoms. The molecule has 108 valence electrons. The molecule has 1 heterocycles. The van der Waals surface area contributed by atoms with Gasteiger partial charge in [0.05, 0.1) is 19.3 Å². The van der Waals surface area contributed by atoms with Gasteiger partial charge in [0.2, 0.25) is 5.89 Å². The Morgan fingerprint density at radius 1 is 1.25 bits per heavy atom. The highest BCUT2D eigenvalue weighted by Gasteiger charge is 2.19. The van der Waals surface area contributed by atoms with Gasteiger partial charge in [-0.25, -0.2) is 4.98 Å². The average molecular weight is 274 g/mol. The van der Waals surface area contributed by atoms with Gasteiger partial charge >= 0.3 is 0 Å². The number of rotatable bonds is 5. The number of hydrogen-bond donors (Lipinski definition) is 1. The van der Waals surface area contributed by atoms with E-state index in [2.05, 4.69) is 31.1 Å². The normalized spacial score (nSPS) is 11.6. The number of benzene rings is 1. The molecule has 0 aliphatic carbocycles. The van der Waals surface area contributed by atoms with Crippen LogP contribution in [0.5, 0.6) is 0 Å². The van der Waals surface area contributed by atoms with Crippen LogP contribution in [0.3, 0.4) is 0 Å². The zero-order valence-corrected chi connectivity index (χ0v) is 12.6. The zero-order chi connectivity index (χ0) is 14.6. The lowest BCUT2D eigenvalue weighted by molar-refractivity contribution is 0.185. The standard InChI is InChI=1S/C16H22N2O2/c1-16(2,3)14-9-18-15(20-14)10-17-13-8-6-5-7-12(13)11-19-4/h5-9,17H,10-11H2,1-4H3. The van der Waals surface area contributed by atoms with Crippen LogP contribution in [-0.2, 0) is 23.3 Å². The van der Waals surface area contributed by atoms with E-state index in [1.807, 2.05) is 24.3 Å². The van der Waals surface area contributed by atoms with Crippen molar-refractivity contribution in [2.45, 2.75) is 39.3 Å². The summed E-state index contributed by atoms with van der Waals surface area (Å²) in [6, 6.07) is 8.07. The van der Waals surface area contributed by atoms with Gasteiger partial charge in [-0.3, -0.25) is 0 Å². The molecule has 2 aromatic rings. The Morgan fingerprint density at radius 2 is 2.00 bits per heavy atom. The minimum Gasteiger partial charge on any atom is -0.443 e. The second kappa shape index (κ2) is 6.09. The van der Waals surface area contributed by atoms with Crippen molar-refractivity contribution in [3.63, 3.8) is 0 Å². The van der Waals surface area contributed by atoms with Gasteiger partial charge in [0.25, 0.3) is 0 Å². The molecule has 20 heavy (non-hydrogen) atoms. The smallest absolute Gasteiger partial charge is 0.213 e. The largest absolute Gasteiger partial charge is 0.443 e. The van der Waals surface area contributed by atoms with Gasteiger partial charge in [0, 0.05) is 23.8 Å². The molecular formula is C16H22N2O2. The van der Waals surface area contributed by atoms with Crippen LogP contribution in [0.1, 0.15) is 38.0 Å². The minimum absolute atomic E-state index is 0.0147. The predicted octanol–water partition coefficient (Wildman–Crippen LogP) is 3.73. The van der Waals surface area contributed by atoms with Crippen molar-refractivity contribution >= 4 is 5.69 Å². The summed E-state index contributed by atoms with van der Waals surface area (Å²) in [5.41, 5.74) is 2.15. The topological polar surface area (TPSA) is 47.3 Å². The fourth-order valence-electron chi connectivity index (χ4n) is 1.88. The fraction of sp³-hybridized carbons (Fsp3) is 0.438. The Labute approximate surface area is 120 Å². The summed E-state index contributed by atoms with van der Waals surface area (Å²) in [4.78, 5) is 4.31. The van der Waals surface area contributed by atoms with E-state index in [1.54, 1.807) is 13.3 Å². The lowest BCUT2D eigenvalue weighted by Gasteiger charge is -2.13. The molecule has 0 saturated heterocycles. The number of anilines is 1. The number of nitrogens with zero attached hydrogens (tertiary/aromatic N) is 1. The van der Waals surface area contributed by atoms with Crippen LogP contribution in [0.15, 0.2) is 34.9 Å². The van der Waals surface area contributed by atoms with Crippen molar-refractivity contribution in [1.29, 1.82) is 0 Å². The number of oxazole rings is 1. The first-order chi connectivity index (χ1) is 9.50. The Hall–Kier alpha value is -1.81. The summed E-state index contributed by atoms with van der Waals surface area (Å²) >= 11 is 0. The number of aromatic nitrogens is 1. The van der Waals surface area contributed by atoms with E-state index in [4.69, 9.17) is 9.15 Å². The lowest BCUT2D eigenvalue weighted by Crippen LogP contribution is -2.09. The first-order valence-electron chi connectivity index (χ1n) is 6.76. The molecular weight excluding hydrogens is 252 g/mol. The molecule has 0 amide bonds. The van der Waals surface area contributed by atoms with Crippen LogP contribution in [0.4, 0.5) is 5.69 Å². The van der Waals surface area contributed by atoms with Gasteiger partial charge in [-0.2, -0.15) is 0 Å². The zero-order valence-electron chi connectivity index (χ0n) is 12.6. The van der Waals surface area contributed by atoms with Crippen molar-refractivity contribution in [2.75, 3.05) is 12.4 Å². The van der Waals surface area contributed by atoms with Crippen molar-refractivity contribution in [3.05, 3.63) is 47.7 Å². The van der Waals surface area contributed by atoms with Crippen LogP contribution in [-0.4, -0.2) is 12.1 Å². The van der Waals surface area contributed by atoms with E-state index in [9.17, 15) is 0 Å². The molecule has 0 fully saturated rings. The van der Waals surface area contributed by atoms with E-state index in [0.717, 1.165) is 17.0 Å². The summed E-state index contributed by atoms with van der Waals surface area (Å²) in [5, 5.41) is 3.34. The van der Waals surface area contributed by atoms with E-state index in [1.165, 1.54) is 0 Å². The number of methoxy groups -OCH3 is 1. The first kappa shape index (κ1) is 14.6. The third-order valence-electron chi connectivity index (χ3n) is 3.04. The molecule has 1 aromatic heterocycles. The number of hydrogen-bond acceptors (Lipinski definition) is 4. The van der Waals surface area contributed by atoms with Crippen LogP contribution in [0.25, 0.3) is 0 Å². The predicted molar refractivity (Wildman–Crippen MR) is 79.7 cm³/mol. The first-order valence-corrected chi connectivity index (χ1v) is 6.76. The molecule has 0 bridgehead atoms. The Morgan fingerprint density at radius 3 is 2.65 bits per heavy atom. The molecule has 0 aliphatic heterocycles. The van der Waals surface area contributed by atoms with E-state index in [-0.39, 0.29) is 5.41 Å². The number of para-hydroxylation sites is 1. The van der Waals surface area contributed by atoms with Crippen molar-refractivity contribution in [1.82, 2.24) is 4.98 Å². The van der Waals surface area contributed by atoms with Crippen molar-refractivity contribution in [2.24, 2.45) is 0 Å². The lowest BCUT2D eigenvalue weighted by atomic mass is 9.94. The maximum atomic E-state index is 5.76. The maximum Gasteiger partial charge on any atom is 0.213 e. The van der Waals surface area contributed by atoms with Gasteiger partial charge in [0.1, 0.15) is 5.76 Å². The Bertz CT molecular complexity index is 556. The molecule has 0 radical (unpaired) electrons. The number of ether oxygens (including phenoxy) is 1. The highest BCUT2D eigenvalue weighted by molar-refractivity contribution is 5.50. The van der Waals surface area contributed by atoms with Gasteiger partial charge < -0.3 is 14.5 Å². The molecule has 0 unspecified atom stereocenters. The van der Waals surface area contributed by atoms with Crippen LogP contribution >= 0.6 is 0 Å².